The molecule has 0 atom stereocenters. The summed E-state index contributed by atoms with van der Waals surface area (Å²) in [5.41, 5.74) is 0.743. The van der Waals surface area contributed by atoms with E-state index >= 15 is 0 Å². The number of aliphatic hydroxyl groups is 1. The van der Waals surface area contributed by atoms with Crippen LogP contribution in [0.3, 0.4) is 0 Å². The Labute approximate surface area is 179 Å². The molecular weight excluding hydrogens is 431 g/mol. The molecule has 4 nitrogen and oxygen atoms in total. The van der Waals surface area contributed by atoms with Crippen molar-refractivity contribution in [3.8, 4) is 48.1 Å². The lowest BCUT2D eigenvalue weighted by Crippen LogP contribution is -2.04. The van der Waals surface area contributed by atoms with E-state index in [1.807, 2.05) is 0 Å². The van der Waals surface area contributed by atoms with E-state index in [9.17, 15) is 13.5 Å². The third-order valence-electron chi connectivity index (χ3n) is 3.50. The van der Waals surface area contributed by atoms with Crippen molar-refractivity contribution in [2.24, 2.45) is 0 Å². The molecule has 2 aromatic rings. The average Bonchev–Trinajstić information content (AvgIpc) is 2.71. The number of rotatable bonds is 5. The Bertz CT molecular complexity index is 1260. The quantitative estimate of drug-likeness (QED) is 0.720. The van der Waals surface area contributed by atoms with Gasteiger partial charge >= 0.3 is 0 Å². The molecule has 1 N–H and O–H groups in total. The second kappa shape index (κ2) is 10.5. The van der Waals surface area contributed by atoms with Crippen LogP contribution in [0.1, 0.15) is 11.1 Å². The van der Waals surface area contributed by atoms with Gasteiger partial charge in [-0.25, -0.2) is 8.42 Å². The summed E-state index contributed by atoms with van der Waals surface area (Å²) >= 11 is 12.0. The van der Waals surface area contributed by atoms with Gasteiger partial charge in [0.2, 0.25) is 9.84 Å². The molecule has 7 heteroatoms. The summed E-state index contributed by atoms with van der Waals surface area (Å²) in [4.78, 5) is 0.0207. The molecule has 0 radical (unpaired) electrons. The van der Waals surface area contributed by atoms with Crippen LogP contribution in [0.4, 0.5) is 0 Å². The summed E-state index contributed by atoms with van der Waals surface area (Å²) in [6, 6.07) is 8.36. The molecule has 2 rings (SSSR count). The molecule has 0 unspecified atom stereocenters. The molecule has 0 fully saturated rings. The van der Waals surface area contributed by atoms with Gasteiger partial charge in [-0.15, -0.1) is 6.42 Å². The number of aliphatic hydroxyl groups excluding tert-OH is 1. The van der Waals surface area contributed by atoms with Crippen molar-refractivity contribution in [2.45, 2.75) is 23.0 Å². The van der Waals surface area contributed by atoms with Crippen LogP contribution < -0.4 is 0 Å². The van der Waals surface area contributed by atoms with Gasteiger partial charge in [-0.1, -0.05) is 23.2 Å². The van der Waals surface area contributed by atoms with Crippen molar-refractivity contribution >= 4 is 33.0 Å². The molecule has 0 saturated heterocycles. The molecule has 0 amide bonds. The minimum Gasteiger partial charge on any atom is -0.441 e. The number of ether oxygens (including phenoxy) is 1. The van der Waals surface area contributed by atoms with Gasteiger partial charge in [-0.3, -0.25) is 0 Å². The Morgan fingerprint density at radius 3 is 2.07 bits per heavy atom. The molecular formula is C22H12Cl2O4S. The SMILES string of the molecule is C#CC#CC#CC#COCc1cc(S(=O)(=O)c2ccc(Cl)c(CO)c2)ccc1Cl. The van der Waals surface area contributed by atoms with Gasteiger partial charge in [0.05, 0.1) is 16.4 Å². The van der Waals surface area contributed by atoms with Crippen LogP contribution in [0.25, 0.3) is 0 Å². The van der Waals surface area contributed by atoms with Crippen LogP contribution >= 0.6 is 23.2 Å². The highest BCUT2D eigenvalue weighted by Gasteiger charge is 2.20. The van der Waals surface area contributed by atoms with Gasteiger partial charge in [0.25, 0.3) is 0 Å². The normalized spacial score (nSPS) is 9.59. The van der Waals surface area contributed by atoms with E-state index in [2.05, 4.69) is 41.6 Å². The zero-order valence-electron chi connectivity index (χ0n) is 14.8. The van der Waals surface area contributed by atoms with Crippen molar-refractivity contribution in [2.75, 3.05) is 0 Å². The topological polar surface area (TPSA) is 63.6 Å². The number of sulfone groups is 1. The lowest BCUT2D eigenvalue weighted by atomic mass is 10.2. The highest BCUT2D eigenvalue weighted by molar-refractivity contribution is 7.91. The number of hydrogen-bond acceptors (Lipinski definition) is 4. The number of terminal acetylenes is 1. The van der Waals surface area contributed by atoms with Crippen molar-refractivity contribution in [3.05, 3.63) is 57.6 Å². The third kappa shape index (κ3) is 5.97. The first-order valence-electron chi connectivity index (χ1n) is 7.90. The maximum absolute atomic E-state index is 12.9. The van der Waals surface area contributed by atoms with Crippen molar-refractivity contribution in [1.29, 1.82) is 0 Å². The monoisotopic (exact) mass is 442 g/mol. The predicted molar refractivity (Wildman–Crippen MR) is 111 cm³/mol. The maximum Gasteiger partial charge on any atom is 0.206 e. The zero-order chi connectivity index (χ0) is 21.3. The molecule has 0 aliphatic rings. The zero-order valence-corrected chi connectivity index (χ0v) is 17.1. The number of hydrogen-bond donors (Lipinski definition) is 1. The van der Waals surface area contributed by atoms with E-state index < -0.39 is 9.84 Å². The van der Waals surface area contributed by atoms with Crippen LogP contribution in [-0.4, -0.2) is 13.5 Å². The molecule has 0 aliphatic heterocycles. The lowest BCUT2D eigenvalue weighted by Gasteiger charge is -2.10. The molecule has 144 valence electrons. The first-order chi connectivity index (χ1) is 13.9. The van der Waals surface area contributed by atoms with E-state index in [1.54, 1.807) is 0 Å². The van der Waals surface area contributed by atoms with E-state index in [1.165, 1.54) is 36.4 Å². The van der Waals surface area contributed by atoms with Crippen molar-refractivity contribution < 1.29 is 18.3 Å². The summed E-state index contributed by atoms with van der Waals surface area (Å²) in [5.74, 6) is 14.1. The Morgan fingerprint density at radius 1 is 0.897 bits per heavy atom. The molecule has 0 spiro atoms. The lowest BCUT2D eigenvalue weighted by molar-refractivity contribution is 0.265. The first-order valence-corrected chi connectivity index (χ1v) is 10.1. The fraction of sp³-hybridized carbons (Fsp3) is 0.0909. The fourth-order valence-electron chi connectivity index (χ4n) is 2.11. The van der Waals surface area contributed by atoms with Crippen LogP contribution in [0.5, 0.6) is 0 Å². The van der Waals surface area contributed by atoms with Crippen molar-refractivity contribution in [3.63, 3.8) is 0 Å². The minimum absolute atomic E-state index is 0.00304. The van der Waals surface area contributed by atoms with Gasteiger partial charge in [-0.2, -0.15) is 0 Å². The third-order valence-corrected chi connectivity index (χ3v) is 5.98. The molecule has 0 aromatic heterocycles. The number of benzene rings is 2. The molecule has 0 heterocycles. The van der Waals surface area contributed by atoms with Crippen LogP contribution in [0, 0.1) is 48.1 Å². The summed E-state index contributed by atoms with van der Waals surface area (Å²) in [6.45, 7) is -0.423. The van der Waals surface area contributed by atoms with Crippen LogP contribution in [0.2, 0.25) is 10.0 Å². The molecule has 0 bridgehead atoms. The fourth-order valence-corrected chi connectivity index (χ4v) is 3.82. The van der Waals surface area contributed by atoms with E-state index in [4.69, 9.17) is 34.4 Å². The first kappa shape index (κ1) is 22.3. The van der Waals surface area contributed by atoms with E-state index in [-0.39, 0.29) is 28.0 Å². The summed E-state index contributed by atoms with van der Waals surface area (Å²) < 4.78 is 30.9. The largest absolute Gasteiger partial charge is 0.441 e. The summed E-state index contributed by atoms with van der Waals surface area (Å²) in [7, 11) is -3.85. The van der Waals surface area contributed by atoms with E-state index in [0.717, 1.165) is 0 Å². The highest BCUT2D eigenvalue weighted by Crippen LogP contribution is 2.28. The smallest absolute Gasteiger partial charge is 0.206 e. The Morgan fingerprint density at radius 2 is 1.45 bits per heavy atom. The van der Waals surface area contributed by atoms with E-state index in [0.29, 0.717) is 16.1 Å². The standard InChI is InChI=1S/C22H12Cl2O4S/c1-2-3-4-5-6-7-12-28-16-18-14-20(9-11-22(18)24)29(26,27)19-8-10-21(23)17(13-19)15-25/h1,8-11,13-14,25H,15-16H2. The predicted octanol–water partition coefficient (Wildman–Crippen LogP) is 3.44. The second-order valence-corrected chi connectivity index (χ2v) is 8.09. The highest BCUT2D eigenvalue weighted by atomic mass is 35.5. The van der Waals surface area contributed by atoms with Crippen molar-refractivity contribution in [1.82, 2.24) is 0 Å². The summed E-state index contributed by atoms with van der Waals surface area (Å²) in [5, 5.41) is 9.91. The Balaban J connectivity index is 2.25. The van der Waals surface area contributed by atoms with Gasteiger partial charge < -0.3 is 9.84 Å². The average molecular weight is 443 g/mol. The summed E-state index contributed by atoms with van der Waals surface area (Å²) in [6.07, 6.45) is 7.30. The van der Waals surface area contributed by atoms with Gasteiger partial charge in [0.1, 0.15) is 12.7 Å². The molecule has 0 saturated carbocycles. The maximum atomic E-state index is 12.9. The Kier molecular flexibility index (Phi) is 8.06. The van der Waals surface area contributed by atoms with Crippen LogP contribution in [0.15, 0.2) is 46.2 Å². The molecule has 2 aromatic carbocycles. The van der Waals surface area contributed by atoms with Crippen LogP contribution in [-0.2, 0) is 27.8 Å². The van der Waals surface area contributed by atoms with Gasteiger partial charge in [-0.05, 0) is 59.7 Å². The molecule has 29 heavy (non-hydrogen) atoms. The van der Waals surface area contributed by atoms with Gasteiger partial charge in [0, 0.05) is 33.4 Å². The molecule has 0 aliphatic carbocycles. The number of halogens is 2. The second-order valence-electron chi connectivity index (χ2n) is 5.33. The Hall–Kier alpha value is -3.03. The van der Waals surface area contributed by atoms with Gasteiger partial charge in [0.15, 0.2) is 0 Å². The minimum atomic E-state index is -3.85.